The number of nitrogens with one attached hydrogen (secondary N) is 2. The average Bonchev–Trinajstić information content (AvgIpc) is 2.51. The monoisotopic (exact) mass is 343 g/mol. The highest BCUT2D eigenvalue weighted by molar-refractivity contribution is 6.43. The number of hydrogen-bond donors (Lipinski definition) is 2. The van der Waals surface area contributed by atoms with E-state index in [1.165, 1.54) is 6.42 Å². The smallest absolute Gasteiger partial charge is 0.238 e. The molecule has 0 atom stereocenters. The summed E-state index contributed by atoms with van der Waals surface area (Å²) in [4.78, 5) is 14.3. The SMILES string of the molecule is CNCCC1CCN(CC(=O)Nc2cccc(Cl)c2Cl)CC1. The van der Waals surface area contributed by atoms with Gasteiger partial charge < -0.3 is 10.6 Å². The molecule has 6 heteroatoms. The number of benzene rings is 1. The molecule has 0 unspecified atom stereocenters. The molecule has 0 spiro atoms. The van der Waals surface area contributed by atoms with Crippen LogP contribution < -0.4 is 10.6 Å². The molecular formula is C16H23Cl2N3O. The molecule has 1 fully saturated rings. The second-order valence-electron chi connectivity index (χ2n) is 5.76. The van der Waals surface area contributed by atoms with Gasteiger partial charge in [0.15, 0.2) is 0 Å². The maximum Gasteiger partial charge on any atom is 0.238 e. The molecule has 1 aliphatic heterocycles. The van der Waals surface area contributed by atoms with E-state index in [4.69, 9.17) is 23.2 Å². The molecule has 22 heavy (non-hydrogen) atoms. The van der Waals surface area contributed by atoms with Gasteiger partial charge in [-0.15, -0.1) is 0 Å². The molecule has 1 heterocycles. The van der Waals surface area contributed by atoms with E-state index in [0.717, 1.165) is 38.4 Å². The van der Waals surface area contributed by atoms with Gasteiger partial charge in [0.25, 0.3) is 0 Å². The van der Waals surface area contributed by atoms with E-state index < -0.39 is 0 Å². The van der Waals surface area contributed by atoms with Crippen molar-refractivity contribution in [2.24, 2.45) is 5.92 Å². The van der Waals surface area contributed by atoms with Crippen LogP contribution in [0.3, 0.4) is 0 Å². The maximum absolute atomic E-state index is 12.1. The Bertz CT molecular complexity index is 502. The van der Waals surface area contributed by atoms with Crippen LogP contribution >= 0.6 is 23.2 Å². The number of likely N-dealkylation sites (tertiary alicyclic amines) is 1. The Kier molecular flexibility index (Phi) is 6.96. The molecule has 0 aromatic heterocycles. The van der Waals surface area contributed by atoms with Gasteiger partial charge in [0, 0.05) is 0 Å². The number of piperidine rings is 1. The predicted octanol–water partition coefficient (Wildman–Crippen LogP) is 3.25. The van der Waals surface area contributed by atoms with Crippen LogP contribution in [-0.4, -0.2) is 44.0 Å². The van der Waals surface area contributed by atoms with E-state index in [0.29, 0.717) is 22.3 Å². The van der Waals surface area contributed by atoms with Gasteiger partial charge in [-0.1, -0.05) is 29.3 Å². The second kappa shape index (κ2) is 8.73. The number of nitrogens with zero attached hydrogens (tertiary/aromatic N) is 1. The van der Waals surface area contributed by atoms with E-state index in [2.05, 4.69) is 15.5 Å². The molecule has 1 aliphatic rings. The van der Waals surface area contributed by atoms with Crippen molar-refractivity contribution in [3.8, 4) is 0 Å². The first-order valence-electron chi connectivity index (χ1n) is 7.71. The molecular weight excluding hydrogens is 321 g/mol. The van der Waals surface area contributed by atoms with Crippen LogP contribution in [-0.2, 0) is 4.79 Å². The van der Waals surface area contributed by atoms with Crippen molar-refractivity contribution in [2.75, 3.05) is 38.5 Å². The van der Waals surface area contributed by atoms with Gasteiger partial charge >= 0.3 is 0 Å². The summed E-state index contributed by atoms with van der Waals surface area (Å²) in [6.45, 7) is 3.43. The third-order valence-corrected chi connectivity index (χ3v) is 4.92. The summed E-state index contributed by atoms with van der Waals surface area (Å²) in [7, 11) is 1.99. The molecule has 2 rings (SSSR count). The zero-order valence-corrected chi connectivity index (χ0v) is 14.4. The lowest BCUT2D eigenvalue weighted by Gasteiger charge is -2.31. The molecule has 4 nitrogen and oxygen atoms in total. The zero-order valence-electron chi connectivity index (χ0n) is 12.9. The van der Waals surface area contributed by atoms with E-state index in [9.17, 15) is 4.79 Å². The number of hydrogen-bond acceptors (Lipinski definition) is 3. The molecule has 0 bridgehead atoms. The molecule has 0 radical (unpaired) electrons. The highest BCUT2D eigenvalue weighted by Gasteiger charge is 2.20. The van der Waals surface area contributed by atoms with Crippen LogP contribution in [0, 0.1) is 5.92 Å². The zero-order chi connectivity index (χ0) is 15.9. The highest BCUT2D eigenvalue weighted by atomic mass is 35.5. The summed E-state index contributed by atoms with van der Waals surface area (Å²) < 4.78 is 0. The van der Waals surface area contributed by atoms with Crippen molar-refractivity contribution < 1.29 is 4.79 Å². The highest BCUT2D eigenvalue weighted by Crippen LogP contribution is 2.29. The fraction of sp³-hybridized carbons (Fsp3) is 0.562. The fourth-order valence-corrected chi connectivity index (χ4v) is 3.12. The standard InChI is InChI=1S/C16H23Cl2N3O/c1-19-8-5-12-6-9-21(10-7-12)11-15(22)20-14-4-2-3-13(17)16(14)18/h2-4,12,19H,5-11H2,1H3,(H,20,22). The third kappa shape index (κ3) is 5.13. The Hall–Kier alpha value is -0.810. The van der Waals surface area contributed by atoms with E-state index in [-0.39, 0.29) is 5.91 Å². The van der Waals surface area contributed by atoms with Gasteiger partial charge in [0.05, 0.1) is 22.3 Å². The van der Waals surface area contributed by atoms with Crippen molar-refractivity contribution in [3.05, 3.63) is 28.2 Å². The lowest BCUT2D eigenvalue weighted by molar-refractivity contribution is -0.117. The van der Waals surface area contributed by atoms with Gasteiger partial charge in [0.1, 0.15) is 0 Å². The fourth-order valence-electron chi connectivity index (χ4n) is 2.77. The molecule has 0 saturated carbocycles. The van der Waals surface area contributed by atoms with Crippen molar-refractivity contribution in [1.82, 2.24) is 10.2 Å². The first-order chi connectivity index (χ1) is 10.6. The predicted molar refractivity (Wildman–Crippen MR) is 92.8 cm³/mol. The van der Waals surface area contributed by atoms with E-state index in [1.807, 2.05) is 7.05 Å². The summed E-state index contributed by atoms with van der Waals surface area (Å²) in [5.41, 5.74) is 0.572. The Morgan fingerprint density at radius 3 is 2.73 bits per heavy atom. The average molecular weight is 344 g/mol. The van der Waals surface area contributed by atoms with Gasteiger partial charge in [-0.2, -0.15) is 0 Å². The first-order valence-corrected chi connectivity index (χ1v) is 8.46. The van der Waals surface area contributed by atoms with Crippen molar-refractivity contribution >= 4 is 34.8 Å². The summed E-state index contributed by atoms with van der Waals surface area (Å²) >= 11 is 12.0. The number of halogens is 2. The largest absolute Gasteiger partial charge is 0.324 e. The van der Waals surface area contributed by atoms with Gasteiger partial charge in [-0.05, 0) is 64.0 Å². The molecule has 1 amide bonds. The summed E-state index contributed by atoms with van der Waals surface area (Å²) in [6.07, 6.45) is 3.54. The minimum absolute atomic E-state index is 0.0437. The van der Waals surface area contributed by atoms with Crippen LogP contribution in [0.5, 0.6) is 0 Å². The topological polar surface area (TPSA) is 44.4 Å². The number of carbonyl (C=O) groups is 1. The maximum atomic E-state index is 12.1. The van der Waals surface area contributed by atoms with Crippen molar-refractivity contribution in [3.63, 3.8) is 0 Å². The summed E-state index contributed by atoms with van der Waals surface area (Å²) in [5, 5.41) is 6.87. The van der Waals surface area contributed by atoms with Crippen LogP contribution in [0.4, 0.5) is 5.69 Å². The van der Waals surface area contributed by atoms with Gasteiger partial charge in [0.2, 0.25) is 5.91 Å². The number of carbonyl (C=O) groups excluding carboxylic acids is 1. The van der Waals surface area contributed by atoms with Crippen LogP contribution in [0.1, 0.15) is 19.3 Å². The Morgan fingerprint density at radius 2 is 2.05 bits per heavy atom. The first kappa shape index (κ1) is 17.5. The lowest BCUT2D eigenvalue weighted by Crippen LogP contribution is -2.39. The number of anilines is 1. The number of amides is 1. The normalized spacial score (nSPS) is 16.7. The minimum Gasteiger partial charge on any atom is -0.324 e. The van der Waals surface area contributed by atoms with Gasteiger partial charge in [-0.3, -0.25) is 9.69 Å². The Labute approximate surface area is 142 Å². The molecule has 2 N–H and O–H groups in total. The Morgan fingerprint density at radius 1 is 1.32 bits per heavy atom. The lowest BCUT2D eigenvalue weighted by atomic mass is 9.93. The summed E-state index contributed by atoms with van der Waals surface area (Å²) in [6, 6.07) is 5.24. The van der Waals surface area contributed by atoms with Crippen LogP contribution in [0.25, 0.3) is 0 Å². The molecule has 1 aromatic carbocycles. The van der Waals surface area contributed by atoms with E-state index in [1.54, 1.807) is 18.2 Å². The minimum atomic E-state index is -0.0437. The van der Waals surface area contributed by atoms with Crippen LogP contribution in [0.2, 0.25) is 10.0 Å². The number of rotatable bonds is 6. The second-order valence-corrected chi connectivity index (χ2v) is 6.55. The Balaban J connectivity index is 1.77. The van der Waals surface area contributed by atoms with Crippen molar-refractivity contribution in [2.45, 2.75) is 19.3 Å². The molecule has 0 aliphatic carbocycles. The van der Waals surface area contributed by atoms with E-state index >= 15 is 0 Å². The molecule has 1 aromatic rings. The molecule has 1 saturated heterocycles. The molecule has 122 valence electrons. The quantitative estimate of drug-likeness (QED) is 0.833. The summed E-state index contributed by atoms with van der Waals surface area (Å²) in [5.74, 6) is 0.729. The van der Waals surface area contributed by atoms with Crippen molar-refractivity contribution in [1.29, 1.82) is 0 Å². The van der Waals surface area contributed by atoms with Gasteiger partial charge in [-0.25, -0.2) is 0 Å². The third-order valence-electron chi connectivity index (χ3n) is 4.10. The van der Waals surface area contributed by atoms with Crippen LogP contribution in [0.15, 0.2) is 18.2 Å².